The van der Waals surface area contributed by atoms with E-state index < -0.39 is 12.1 Å². The Morgan fingerprint density at radius 3 is 2.62 bits per heavy atom. The Morgan fingerprint density at radius 1 is 1.00 bits per heavy atom. The number of fused-ring (bicyclic) bond motifs is 4. The highest BCUT2D eigenvalue weighted by atomic mass is 16.5. The van der Waals surface area contributed by atoms with Gasteiger partial charge in [0.25, 0.3) is 0 Å². The molecule has 2 N–H and O–H groups in total. The number of aromatic nitrogens is 3. The molecule has 12 heteroatoms. The van der Waals surface area contributed by atoms with Crippen LogP contribution in [-0.2, 0) is 32.0 Å². The second-order valence-electron chi connectivity index (χ2n) is 13.1. The van der Waals surface area contributed by atoms with Crippen molar-refractivity contribution in [1.82, 2.24) is 35.6 Å². The molecule has 47 heavy (non-hydrogen) atoms. The molecule has 12 nitrogen and oxygen atoms in total. The number of carbonyl (C=O) groups is 4. The first kappa shape index (κ1) is 32.3. The fraction of sp³-hybridized carbons (Fsp3) is 0.514. The summed E-state index contributed by atoms with van der Waals surface area (Å²) in [5, 5.41) is 9.86. The molecule has 0 spiro atoms. The minimum atomic E-state index is -0.721. The second kappa shape index (κ2) is 14.9. The third-order valence-electron chi connectivity index (χ3n) is 9.64. The van der Waals surface area contributed by atoms with Crippen LogP contribution in [0.25, 0.3) is 11.4 Å². The molecule has 1 aromatic carbocycles. The van der Waals surface area contributed by atoms with E-state index in [4.69, 9.17) is 4.52 Å². The molecule has 3 fully saturated rings. The van der Waals surface area contributed by atoms with Crippen molar-refractivity contribution in [2.24, 2.45) is 11.8 Å². The quantitative estimate of drug-likeness (QED) is 0.381. The predicted octanol–water partition coefficient (Wildman–Crippen LogP) is 2.94. The number of nitrogens with zero attached hydrogens (tertiary/aromatic N) is 5. The van der Waals surface area contributed by atoms with Crippen molar-refractivity contribution in [2.75, 3.05) is 19.6 Å². The number of carbonyl (C=O) groups excluding carboxylic acids is 4. The molecule has 0 aliphatic carbocycles. The van der Waals surface area contributed by atoms with Gasteiger partial charge in [0.1, 0.15) is 12.1 Å². The van der Waals surface area contributed by atoms with Crippen LogP contribution in [0.1, 0.15) is 63.3 Å². The summed E-state index contributed by atoms with van der Waals surface area (Å²) in [6.45, 7) is 3.43. The zero-order valence-corrected chi connectivity index (χ0v) is 26.8. The SMILES string of the molecule is C[C@H]1NC(=O)[C@H](CCc2ccccc2)NC(=O)CCC[C@H]2[C@@H]3C[C@@H](CN(C(=O)CCCc4nc(-c5ccncc5)no4)C3)CN2C1=O. The number of benzene rings is 1. The summed E-state index contributed by atoms with van der Waals surface area (Å²) >= 11 is 0. The van der Waals surface area contributed by atoms with Gasteiger partial charge in [-0.2, -0.15) is 4.98 Å². The van der Waals surface area contributed by atoms with Gasteiger partial charge in [0.15, 0.2) is 0 Å². The lowest BCUT2D eigenvalue weighted by molar-refractivity contribution is -0.148. The van der Waals surface area contributed by atoms with Crippen LogP contribution in [0.5, 0.6) is 0 Å². The number of nitrogens with one attached hydrogen (secondary N) is 2. The Morgan fingerprint density at radius 2 is 1.81 bits per heavy atom. The lowest BCUT2D eigenvalue weighted by Crippen LogP contribution is -2.63. The molecule has 6 rings (SSSR count). The van der Waals surface area contributed by atoms with Gasteiger partial charge in [0.05, 0.1) is 0 Å². The van der Waals surface area contributed by atoms with Crippen molar-refractivity contribution >= 4 is 23.6 Å². The molecule has 5 heterocycles. The minimum absolute atomic E-state index is 0.0862. The zero-order chi connectivity index (χ0) is 32.8. The first-order valence-electron chi connectivity index (χ1n) is 16.8. The molecule has 0 radical (unpaired) electrons. The first-order chi connectivity index (χ1) is 22.8. The van der Waals surface area contributed by atoms with E-state index in [-0.39, 0.29) is 47.9 Å². The van der Waals surface area contributed by atoms with E-state index in [1.54, 1.807) is 19.3 Å². The molecule has 5 atom stereocenters. The summed E-state index contributed by atoms with van der Waals surface area (Å²) in [6, 6.07) is 11.9. The first-order valence-corrected chi connectivity index (χ1v) is 16.8. The molecule has 3 saturated heterocycles. The van der Waals surface area contributed by atoms with Gasteiger partial charge in [-0.15, -0.1) is 0 Å². The molecule has 3 aliphatic heterocycles. The van der Waals surface area contributed by atoms with Crippen LogP contribution in [0.15, 0.2) is 59.4 Å². The Balaban J connectivity index is 1.05. The molecule has 4 amide bonds. The van der Waals surface area contributed by atoms with Gasteiger partial charge in [-0.3, -0.25) is 24.2 Å². The Kier molecular flexibility index (Phi) is 10.2. The normalized spacial score (nSPS) is 25.2. The van der Waals surface area contributed by atoms with Crippen molar-refractivity contribution in [2.45, 2.75) is 82.8 Å². The lowest BCUT2D eigenvalue weighted by atomic mass is 9.77. The maximum absolute atomic E-state index is 13.8. The fourth-order valence-electron chi connectivity index (χ4n) is 7.28. The van der Waals surface area contributed by atoms with Crippen molar-refractivity contribution in [3.63, 3.8) is 0 Å². The van der Waals surface area contributed by atoms with E-state index in [2.05, 4.69) is 25.8 Å². The largest absolute Gasteiger partial charge is 0.344 e. The number of piperidine rings is 2. The summed E-state index contributed by atoms with van der Waals surface area (Å²) in [4.78, 5) is 65.8. The van der Waals surface area contributed by atoms with Crippen molar-refractivity contribution in [3.05, 3.63) is 66.3 Å². The summed E-state index contributed by atoms with van der Waals surface area (Å²) in [5.41, 5.74) is 1.91. The molecule has 2 bridgehead atoms. The summed E-state index contributed by atoms with van der Waals surface area (Å²) in [5.74, 6) is 0.762. The molecule has 0 unspecified atom stereocenters. The molecule has 0 saturated carbocycles. The number of hydrogen-bond acceptors (Lipinski definition) is 8. The van der Waals surface area contributed by atoms with Crippen LogP contribution >= 0.6 is 0 Å². The van der Waals surface area contributed by atoms with E-state index in [0.717, 1.165) is 17.5 Å². The maximum atomic E-state index is 13.8. The van der Waals surface area contributed by atoms with Crippen molar-refractivity contribution < 1.29 is 23.7 Å². The average molecular weight is 642 g/mol. The number of amides is 4. The fourth-order valence-corrected chi connectivity index (χ4v) is 7.28. The van der Waals surface area contributed by atoms with Crippen LogP contribution in [0.3, 0.4) is 0 Å². The minimum Gasteiger partial charge on any atom is -0.344 e. The number of hydrogen-bond donors (Lipinski definition) is 2. The van der Waals surface area contributed by atoms with Gasteiger partial charge in [-0.1, -0.05) is 35.5 Å². The summed E-state index contributed by atoms with van der Waals surface area (Å²) in [6.07, 6.45) is 8.39. The van der Waals surface area contributed by atoms with Gasteiger partial charge in [-0.05, 0) is 75.0 Å². The molecule has 2 aromatic heterocycles. The van der Waals surface area contributed by atoms with E-state index in [1.165, 1.54) is 0 Å². The van der Waals surface area contributed by atoms with E-state index >= 15 is 0 Å². The zero-order valence-electron chi connectivity index (χ0n) is 26.8. The Bertz CT molecular complexity index is 1550. The molecule has 248 valence electrons. The van der Waals surface area contributed by atoms with E-state index in [1.807, 2.05) is 52.3 Å². The number of likely N-dealkylation sites (tertiary alicyclic amines) is 1. The van der Waals surface area contributed by atoms with Crippen LogP contribution in [0.2, 0.25) is 0 Å². The Labute approximate surface area is 274 Å². The third-order valence-corrected chi connectivity index (χ3v) is 9.64. The van der Waals surface area contributed by atoms with Gasteiger partial charge >= 0.3 is 0 Å². The van der Waals surface area contributed by atoms with E-state index in [9.17, 15) is 19.2 Å². The van der Waals surface area contributed by atoms with Crippen molar-refractivity contribution in [3.8, 4) is 11.4 Å². The van der Waals surface area contributed by atoms with Crippen LogP contribution in [-0.4, -0.2) is 86.3 Å². The maximum Gasteiger partial charge on any atom is 0.245 e. The van der Waals surface area contributed by atoms with Gasteiger partial charge in [-0.25, -0.2) is 0 Å². The standard InChI is InChI=1S/C35H43N7O5/c1-23-35(46)42-21-25-19-27(22-41(20-25)32(44)12-6-11-31-39-33(40-47-31)26-15-17-36-18-16-26)29(42)9-5-10-30(43)38-28(34(45)37-23)14-13-24-7-3-2-4-8-24/h2-4,7-8,15-18,23,25,27-29H,5-6,9-14,19-22H2,1H3,(H,37,45)(H,38,43)/t23-,25+,27-,28+,29+/m1/s1. The molecular weight excluding hydrogens is 598 g/mol. The van der Waals surface area contributed by atoms with Crippen LogP contribution in [0, 0.1) is 11.8 Å². The lowest BCUT2D eigenvalue weighted by Gasteiger charge is -2.51. The van der Waals surface area contributed by atoms with Gasteiger partial charge in [0.2, 0.25) is 35.3 Å². The molecule has 3 aromatic rings. The third kappa shape index (κ3) is 8.04. The Hall–Kier alpha value is -4.61. The number of rotatable bonds is 8. The van der Waals surface area contributed by atoms with E-state index in [0.29, 0.717) is 76.3 Å². The summed E-state index contributed by atoms with van der Waals surface area (Å²) < 4.78 is 5.39. The number of aryl methyl sites for hydroxylation is 2. The smallest absolute Gasteiger partial charge is 0.245 e. The topological polar surface area (TPSA) is 151 Å². The number of pyridine rings is 1. The van der Waals surface area contributed by atoms with Crippen molar-refractivity contribution in [1.29, 1.82) is 0 Å². The molecular formula is C35H43N7O5. The molecule has 3 aliphatic rings. The van der Waals surface area contributed by atoms with Crippen LogP contribution in [0.4, 0.5) is 0 Å². The van der Waals surface area contributed by atoms with Gasteiger partial charge in [0, 0.05) is 62.9 Å². The van der Waals surface area contributed by atoms with Crippen LogP contribution < -0.4 is 10.6 Å². The van der Waals surface area contributed by atoms with Gasteiger partial charge < -0.3 is 25.0 Å². The highest BCUT2D eigenvalue weighted by Crippen LogP contribution is 2.36. The highest BCUT2D eigenvalue weighted by Gasteiger charge is 2.44. The monoisotopic (exact) mass is 641 g/mol. The second-order valence-corrected chi connectivity index (χ2v) is 13.1. The summed E-state index contributed by atoms with van der Waals surface area (Å²) in [7, 11) is 0. The average Bonchev–Trinajstić information content (AvgIpc) is 3.56. The predicted molar refractivity (Wildman–Crippen MR) is 172 cm³/mol. The highest BCUT2D eigenvalue weighted by molar-refractivity contribution is 5.92.